The number of hydrogen-bond acceptors (Lipinski definition) is 2. The summed E-state index contributed by atoms with van der Waals surface area (Å²) in [6, 6.07) is 5.51. The Labute approximate surface area is 121 Å². The summed E-state index contributed by atoms with van der Waals surface area (Å²) >= 11 is 3.43. The first-order valence-corrected chi connectivity index (χ1v) is 7.31. The quantitative estimate of drug-likeness (QED) is 0.846. The second kappa shape index (κ2) is 6.19. The summed E-state index contributed by atoms with van der Waals surface area (Å²) in [6.45, 7) is 2.52. The van der Waals surface area contributed by atoms with Gasteiger partial charge in [-0.2, -0.15) is 0 Å². The van der Waals surface area contributed by atoms with Crippen molar-refractivity contribution in [3.8, 4) is 0 Å². The number of benzene rings is 1. The number of amides is 2. The molecule has 1 aliphatic heterocycles. The van der Waals surface area contributed by atoms with E-state index in [0.29, 0.717) is 18.5 Å². The van der Waals surface area contributed by atoms with E-state index < -0.39 is 0 Å². The second-order valence-electron chi connectivity index (χ2n) is 4.65. The van der Waals surface area contributed by atoms with Crippen LogP contribution in [0.2, 0.25) is 0 Å². The highest BCUT2D eigenvalue weighted by Crippen LogP contribution is 2.28. The van der Waals surface area contributed by atoms with Gasteiger partial charge >= 0.3 is 0 Å². The standard InChI is InChI=1S/C14H17BrN2O2/c1-2-3-4-8-13(18)16-17-9-11-10(14(17)19)6-5-7-12(11)15/h5-7H,2-4,8-9H2,1H3,(H,16,18). The molecule has 0 spiro atoms. The molecule has 0 saturated carbocycles. The zero-order valence-electron chi connectivity index (χ0n) is 10.9. The van der Waals surface area contributed by atoms with Crippen molar-refractivity contribution in [2.75, 3.05) is 0 Å². The van der Waals surface area contributed by atoms with Crippen molar-refractivity contribution in [1.29, 1.82) is 0 Å². The number of carbonyl (C=O) groups excluding carboxylic acids is 2. The Bertz CT molecular complexity index is 502. The molecule has 0 aromatic heterocycles. The Morgan fingerprint density at radius 2 is 2.21 bits per heavy atom. The summed E-state index contributed by atoms with van der Waals surface area (Å²) in [4.78, 5) is 23.8. The molecule has 2 rings (SSSR count). The van der Waals surface area contributed by atoms with Crippen LogP contribution in [0, 0.1) is 0 Å². The van der Waals surface area contributed by atoms with Crippen molar-refractivity contribution in [3.63, 3.8) is 0 Å². The molecule has 1 aliphatic rings. The smallest absolute Gasteiger partial charge is 0.272 e. The fourth-order valence-electron chi connectivity index (χ4n) is 2.13. The van der Waals surface area contributed by atoms with Gasteiger partial charge in [-0.15, -0.1) is 0 Å². The van der Waals surface area contributed by atoms with Gasteiger partial charge < -0.3 is 0 Å². The molecule has 0 atom stereocenters. The Morgan fingerprint density at radius 3 is 2.89 bits per heavy atom. The fraction of sp³-hybridized carbons (Fsp3) is 0.429. The molecule has 0 aliphatic carbocycles. The van der Waals surface area contributed by atoms with Gasteiger partial charge in [-0.3, -0.25) is 15.0 Å². The topological polar surface area (TPSA) is 49.4 Å². The van der Waals surface area contributed by atoms with E-state index in [9.17, 15) is 9.59 Å². The van der Waals surface area contributed by atoms with Gasteiger partial charge in [0.2, 0.25) is 5.91 Å². The summed E-state index contributed by atoms with van der Waals surface area (Å²) in [5, 5.41) is 1.39. The van der Waals surface area contributed by atoms with E-state index in [4.69, 9.17) is 0 Å². The maximum Gasteiger partial charge on any atom is 0.272 e. The highest BCUT2D eigenvalue weighted by atomic mass is 79.9. The molecular weight excluding hydrogens is 308 g/mol. The third-order valence-electron chi connectivity index (χ3n) is 3.18. The maximum absolute atomic E-state index is 12.1. The molecule has 1 heterocycles. The second-order valence-corrected chi connectivity index (χ2v) is 5.50. The van der Waals surface area contributed by atoms with E-state index in [1.807, 2.05) is 12.1 Å². The van der Waals surface area contributed by atoms with Crippen LogP contribution >= 0.6 is 15.9 Å². The molecule has 0 radical (unpaired) electrons. The van der Waals surface area contributed by atoms with E-state index in [-0.39, 0.29) is 11.8 Å². The predicted octanol–water partition coefficient (Wildman–Crippen LogP) is 3.02. The Morgan fingerprint density at radius 1 is 1.42 bits per heavy atom. The lowest BCUT2D eigenvalue weighted by atomic mass is 10.1. The molecule has 1 aromatic rings. The largest absolute Gasteiger partial charge is 0.273 e. The van der Waals surface area contributed by atoms with Gasteiger partial charge in [0.05, 0.1) is 6.54 Å². The van der Waals surface area contributed by atoms with Crippen LogP contribution in [0.5, 0.6) is 0 Å². The van der Waals surface area contributed by atoms with Crippen LogP contribution < -0.4 is 5.43 Å². The lowest BCUT2D eigenvalue weighted by Gasteiger charge is -2.16. The van der Waals surface area contributed by atoms with Crippen LogP contribution in [0.25, 0.3) is 0 Å². The van der Waals surface area contributed by atoms with Crippen LogP contribution in [0.1, 0.15) is 48.5 Å². The average molecular weight is 325 g/mol. The van der Waals surface area contributed by atoms with E-state index in [1.54, 1.807) is 6.07 Å². The maximum atomic E-state index is 12.1. The minimum atomic E-state index is -0.139. The monoisotopic (exact) mass is 324 g/mol. The molecular formula is C14H17BrN2O2. The molecule has 1 N–H and O–H groups in total. The molecule has 1 aromatic carbocycles. The third kappa shape index (κ3) is 3.15. The van der Waals surface area contributed by atoms with Gasteiger partial charge in [-0.1, -0.05) is 41.8 Å². The zero-order valence-corrected chi connectivity index (χ0v) is 12.5. The summed E-state index contributed by atoms with van der Waals surface area (Å²) in [5.74, 6) is -0.231. The Kier molecular flexibility index (Phi) is 4.58. The van der Waals surface area contributed by atoms with Crippen LogP contribution in [0.3, 0.4) is 0 Å². The van der Waals surface area contributed by atoms with Crippen LogP contribution in [0.15, 0.2) is 22.7 Å². The number of hydrazine groups is 1. The molecule has 0 fully saturated rings. The van der Waals surface area contributed by atoms with Crippen LogP contribution in [-0.4, -0.2) is 16.8 Å². The lowest BCUT2D eigenvalue weighted by Crippen LogP contribution is -2.42. The number of unbranched alkanes of at least 4 members (excludes halogenated alkanes) is 2. The highest BCUT2D eigenvalue weighted by Gasteiger charge is 2.29. The number of fused-ring (bicyclic) bond motifs is 1. The van der Waals surface area contributed by atoms with Gasteiger partial charge in [0, 0.05) is 22.0 Å². The predicted molar refractivity (Wildman–Crippen MR) is 76.3 cm³/mol. The molecule has 102 valence electrons. The Hall–Kier alpha value is -1.36. The molecule has 0 bridgehead atoms. The van der Waals surface area contributed by atoms with Gasteiger partial charge in [0.25, 0.3) is 5.91 Å². The number of hydrogen-bond donors (Lipinski definition) is 1. The molecule has 19 heavy (non-hydrogen) atoms. The summed E-state index contributed by atoms with van der Waals surface area (Å²) in [7, 11) is 0. The summed E-state index contributed by atoms with van der Waals surface area (Å²) in [5.41, 5.74) is 4.27. The van der Waals surface area contributed by atoms with E-state index in [1.165, 1.54) is 5.01 Å². The van der Waals surface area contributed by atoms with Gasteiger partial charge in [0.15, 0.2) is 0 Å². The van der Waals surface area contributed by atoms with Crippen molar-refractivity contribution >= 4 is 27.7 Å². The minimum Gasteiger partial charge on any atom is -0.273 e. The SMILES string of the molecule is CCCCCC(=O)NN1Cc2c(Br)cccc2C1=O. The fourth-order valence-corrected chi connectivity index (χ4v) is 2.62. The number of carbonyl (C=O) groups is 2. The first-order chi connectivity index (χ1) is 9.13. The number of nitrogens with zero attached hydrogens (tertiary/aromatic N) is 1. The van der Waals surface area contributed by atoms with Gasteiger partial charge in [-0.25, -0.2) is 5.01 Å². The first-order valence-electron chi connectivity index (χ1n) is 6.52. The average Bonchev–Trinajstić information content (AvgIpc) is 2.69. The van der Waals surface area contributed by atoms with E-state index in [0.717, 1.165) is 29.3 Å². The zero-order chi connectivity index (χ0) is 13.8. The van der Waals surface area contributed by atoms with Crippen molar-refractivity contribution in [2.24, 2.45) is 0 Å². The van der Waals surface area contributed by atoms with Crippen molar-refractivity contribution in [3.05, 3.63) is 33.8 Å². The van der Waals surface area contributed by atoms with Crippen molar-refractivity contribution in [1.82, 2.24) is 10.4 Å². The molecule has 5 heteroatoms. The van der Waals surface area contributed by atoms with E-state index in [2.05, 4.69) is 28.3 Å². The number of rotatable bonds is 5. The number of nitrogens with one attached hydrogen (secondary N) is 1. The van der Waals surface area contributed by atoms with Crippen molar-refractivity contribution in [2.45, 2.75) is 39.2 Å². The molecule has 4 nitrogen and oxygen atoms in total. The molecule has 2 amide bonds. The van der Waals surface area contributed by atoms with Crippen molar-refractivity contribution < 1.29 is 9.59 Å². The first kappa shape index (κ1) is 14.1. The molecule has 0 unspecified atom stereocenters. The minimum absolute atomic E-state index is 0.0919. The van der Waals surface area contributed by atoms with E-state index >= 15 is 0 Å². The van der Waals surface area contributed by atoms with Gasteiger partial charge in [-0.05, 0) is 18.6 Å². The van der Waals surface area contributed by atoms with Crippen LogP contribution in [-0.2, 0) is 11.3 Å². The highest BCUT2D eigenvalue weighted by molar-refractivity contribution is 9.10. The number of halogens is 1. The normalized spacial score (nSPS) is 13.6. The Balaban J connectivity index is 1.96. The van der Waals surface area contributed by atoms with Crippen LogP contribution in [0.4, 0.5) is 0 Å². The lowest BCUT2D eigenvalue weighted by molar-refractivity contribution is -0.125. The molecule has 0 saturated heterocycles. The summed E-state index contributed by atoms with van der Waals surface area (Å²) < 4.78 is 0.904. The summed E-state index contributed by atoms with van der Waals surface area (Å²) in [6.07, 6.45) is 3.44. The third-order valence-corrected chi connectivity index (χ3v) is 3.92. The van der Waals surface area contributed by atoms with Gasteiger partial charge in [0.1, 0.15) is 0 Å².